The minimum atomic E-state index is 0.306. The third kappa shape index (κ3) is 3.65. The normalized spacial score (nSPS) is 48.2. The number of Topliss-reactive ketones (excluding diaryl/α,β-unsaturated/α-hetero) is 1. The van der Waals surface area contributed by atoms with Crippen molar-refractivity contribution in [2.45, 2.75) is 112 Å². The monoisotopic (exact) mass is 400 g/mol. The lowest BCUT2D eigenvalue weighted by Crippen LogP contribution is -2.55. The summed E-state index contributed by atoms with van der Waals surface area (Å²) in [5.74, 6) is 7.06. The summed E-state index contributed by atoms with van der Waals surface area (Å²) in [6, 6.07) is 0. The van der Waals surface area contributed by atoms with E-state index in [0.29, 0.717) is 28.4 Å². The highest BCUT2D eigenvalue weighted by molar-refractivity contribution is 5.82. The maximum absolute atomic E-state index is 12.4. The van der Waals surface area contributed by atoms with Gasteiger partial charge in [0.25, 0.3) is 0 Å². The summed E-state index contributed by atoms with van der Waals surface area (Å²) in [6.07, 6.45) is 15.0. The molecule has 166 valence electrons. The van der Waals surface area contributed by atoms with Crippen molar-refractivity contribution in [3.63, 3.8) is 0 Å². The standard InChI is InChI=1S/C28H48O/c1-18(2)8-7-9-19(3)23-12-13-24-22-11-10-21-16-26(29)20(4)17-28(21,6)25(22)14-15-27(23,24)5/h18-25H,7-17H2,1-6H3/t19-,20-,21+,22+,23-,24+,25+,27-,28+/m1/s1. The lowest BCUT2D eigenvalue weighted by Gasteiger charge is -2.61. The van der Waals surface area contributed by atoms with Crippen molar-refractivity contribution < 1.29 is 4.79 Å². The minimum absolute atomic E-state index is 0.306. The number of carbonyl (C=O) groups is 1. The van der Waals surface area contributed by atoms with Crippen molar-refractivity contribution in [1.29, 1.82) is 0 Å². The van der Waals surface area contributed by atoms with Crippen LogP contribution in [0.2, 0.25) is 0 Å². The fourth-order valence-corrected chi connectivity index (χ4v) is 9.43. The van der Waals surface area contributed by atoms with Crippen LogP contribution < -0.4 is 0 Å². The van der Waals surface area contributed by atoms with Gasteiger partial charge in [-0.3, -0.25) is 4.79 Å². The molecular formula is C28H48O. The Labute approximate surface area is 181 Å². The van der Waals surface area contributed by atoms with Gasteiger partial charge >= 0.3 is 0 Å². The van der Waals surface area contributed by atoms with Gasteiger partial charge < -0.3 is 0 Å². The molecule has 0 amide bonds. The molecule has 0 unspecified atom stereocenters. The van der Waals surface area contributed by atoms with Crippen LogP contribution in [0.15, 0.2) is 0 Å². The van der Waals surface area contributed by atoms with Crippen molar-refractivity contribution in [2.24, 2.45) is 58.2 Å². The number of rotatable bonds is 5. The van der Waals surface area contributed by atoms with Gasteiger partial charge in [-0.05, 0) is 97.2 Å². The second-order valence-corrected chi connectivity index (χ2v) is 13.0. The summed E-state index contributed by atoms with van der Waals surface area (Å²) < 4.78 is 0. The van der Waals surface area contributed by atoms with Crippen LogP contribution in [0.25, 0.3) is 0 Å². The van der Waals surface area contributed by atoms with E-state index in [2.05, 4.69) is 41.5 Å². The first kappa shape index (κ1) is 21.9. The van der Waals surface area contributed by atoms with E-state index >= 15 is 0 Å². The molecule has 0 saturated heterocycles. The van der Waals surface area contributed by atoms with Gasteiger partial charge in [-0.2, -0.15) is 0 Å². The molecule has 0 aromatic rings. The van der Waals surface area contributed by atoms with E-state index in [1.165, 1.54) is 64.2 Å². The summed E-state index contributed by atoms with van der Waals surface area (Å²) in [6.45, 7) is 14.8. The molecule has 0 aliphatic heterocycles. The molecule has 4 fully saturated rings. The first-order valence-corrected chi connectivity index (χ1v) is 13.2. The predicted octanol–water partition coefficient (Wildman–Crippen LogP) is 7.92. The number of hydrogen-bond acceptors (Lipinski definition) is 1. The van der Waals surface area contributed by atoms with Crippen molar-refractivity contribution in [2.75, 3.05) is 0 Å². The molecule has 0 spiro atoms. The lowest BCUT2D eigenvalue weighted by atomic mass is 9.43. The molecule has 29 heavy (non-hydrogen) atoms. The van der Waals surface area contributed by atoms with Gasteiger partial charge in [0.1, 0.15) is 5.78 Å². The van der Waals surface area contributed by atoms with Gasteiger partial charge in [-0.1, -0.05) is 60.8 Å². The first-order chi connectivity index (χ1) is 13.7. The molecule has 0 N–H and O–H groups in total. The molecule has 9 atom stereocenters. The van der Waals surface area contributed by atoms with Gasteiger partial charge in [-0.15, -0.1) is 0 Å². The summed E-state index contributed by atoms with van der Waals surface area (Å²) in [5.41, 5.74) is 1.04. The molecule has 1 nitrogen and oxygen atoms in total. The van der Waals surface area contributed by atoms with Crippen LogP contribution in [-0.2, 0) is 4.79 Å². The van der Waals surface area contributed by atoms with Crippen LogP contribution in [0, 0.1) is 58.2 Å². The highest BCUT2D eigenvalue weighted by atomic mass is 16.1. The Bertz CT molecular complexity index is 607. The number of ketones is 1. The average Bonchev–Trinajstić information content (AvgIpc) is 3.00. The van der Waals surface area contributed by atoms with Gasteiger partial charge in [0, 0.05) is 12.3 Å². The van der Waals surface area contributed by atoms with Crippen LogP contribution in [0.5, 0.6) is 0 Å². The molecule has 4 aliphatic carbocycles. The Balaban J connectivity index is 1.48. The Morgan fingerprint density at radius 2 is 1.66 bits per heavy atom. The van der Waals surface area contributed by atoms with Gasteiger partial charge in [-0.25, -0.2) is 0 Å². The van der Waals surface area contributed by atoms with E-state index in [1.54, 1.807) is 0 Å². The van der Waals surface area contributed by atoms with Crippen molar-refractivity contribution in [3.05, 3.63) is 0 Å². The molecule has 0 bridgehead atoms. The van der Waals surface area contributed by atoms with Crippen LogP contribution >= 0.6 is 0 Å². The summed E-state index contributed by atoms with van der Waals surface area (Å²) in [4.78, 5) is 12.4. The summed E-state index contributed by atoms with van der Waals surface area (Å²) in [7, 11) is 0. The van der Waals surface area contributed by atoms with E-state index in [1.807, 2.05) is 0 Å². The van der Waals surface area contributed by atoms with E-state index < -0.39 is 0 Å². The molecule has 4 rings (SSSR count). The summed E-state index contributed by atoms with van der Waals surface area (Å²) in [5, 5.41) is 0. The van der Waals surface area contributed by atoms with Gasteiger partial charge in [0.2, 0.25) is 0 Å². The SMILES string of the molecule is CC(C)CCC[C@@H](C)[C@H]1CC[C@H]2[C@@H]3CC[C@H]4CC(=O)[C@H](C)C[C@]4(C)[C@H]3CC[C@]12C. The molecular weight excluding hydrogens is 352 g/mol. The molecule has 0 heterocycles. The van der Waals surface area contributed by atoms with Crippen molar-refractivity contribution in [3.8, 4) is 0 Å². The smallest absolute Gasteiger partial charge is 0.136 e. The zero-order chi connectivity index (χ0) is 21.0. The topological polar surface area (TPSA) is 17.1 Å². The second kappa shape index (κ2) is 7.98. The molecule has 0 radical (unpaired) electrons. The van der Waals surface area contributed by atoms with E-state index in [4.69, 9.17) is 0 Å². The number of hydrogen-bond donors (Lipinski definition) is 0. The second-order valence-electron chi connectivity index (χ2n) is 13.0. The predicted molar refractivity (Wildman–Crippen MR) is 123 cm³/mol. The quantitative estimate of drug-likeness (QED) is 0.458. The molecule has 0 aromatic heterocycles. The Morgan fingerprint density at radius 3 is 2.38 bits per heavy atom. The zero-order valence-corrected chi connectivity index (χ0v) is 20.3. The highest BCUT2D eigenvalue weighted by Crippen LogP contribution is 2.68. The van der Waals surface area contributed by atoms with Crippen molar-refractivity contribution >= 4 is 5.78 Å². The van der Waals surface area contributed by atoms with E-state index in [9.17, 15) is 4.79 Å². The Morgan fingerprint density at radius 1 is 0.931 bits per heavy atom. The highest BCUT2D eigenvalue weighted by Gasteiger charge is 2.61. The van der Waals surface area contributed by atoms with Crippen LogP contribution in [0.3, 0.4) is 0 Å². The van der Waals surface area contributed by atoms with Crippen LogP contribution in [0.1, 0.15) is 112 Å². The molecule has 4 aliphatic rings. The number of carbonyl (C=O) groups excluding carboxylic acids is 1. The maximum Gasteiger partial charge on any atom is 0.136 e. The Hall–Kier alpha value is -0.330. The van der Waals surface area contributed by atoms with Crippen LogP contribution in [-0.4, -0.2) is 5.78 Å². The largest absolute Gasteiger partial charge is 0.299 e. The molecule has 4 saturated carbocycles. The maximum atomic E-state index is 12.4. The lowest BCUT2D eigenvalue weighted by molar-refractivity contribution is -0.147. The summed E-state index contributed by atoms with van der Waals surface area (Å²) >= 11 is 0. The molecule has 1 heteroatoms. The fourth-order valence-electron chi connectivity index (χ4n) is 9.43. The van der Waals surface area contributed by atoms with Crippen molar-refractivity contribution in [1.82, 2.24) is 0 Å². The fraction of sp³-hybridized carbons (Fsp3) is 0.964. The third-order valence-electron chi connectivity index (χ3n) is 11.0. The third-order valence-corrected chi connectivity index (χ3v) is 11.0. The minimum Gasteiger partial charge on any atom is -0.299 e. The van der Waals surface area contributed by atoms with Gasteiger partial charge in [0.05, 0.1) is 0 Å². The molecule has 0 aromatic carbocycles. The van der Waals surface area contributed by atoms with Gasteiger partial charge in [0.15, 0.2) is 0 Å². The van der Waals surface area contributed by atoms with E-state index in [-0.39, 0.29) is 0 Å². The number of fused-ring (bicyclic) bond motifs is 5. The Kier molecular flexibility index (Phi) is 6.02. The van der Waals surface area contributed by atoms with Crippen LogP contribution in [0.4, 0.5) is 0 Å². The zero-order valence-electron chi connectivity index (χ0n) is 20.3. The van der Waals surface area contributed by atoms with E-state index in [0.717, 1.165) is 41.9 Å². The average molecular weight is 401 g/mol. The first-order valence-electron chi connectivity index (χ1n) is 13.2.